The minimum absolute atomic E-state index is 0.0300. The molecule has 0 bridgehead atoms. The van der Waals surface area contributed by atoms with E-state index in [0.29, 0.717) is 6.54 Å². The van der Waals surface area contributed by atoms with E-state index in [2.05, 4.69) is 22.6 Å². The van der Waals surface area contributed by atoms with Crippen LogP contribution in [0.25, 0.3) is 0 Å². The Kier molecular flexibility index (Phi) is 7.02. The molecule has 0 aliphatic carbocycles. The van der Waals surface area contributed by atoms with Crippen LogP contribution in [0, 0.1) is 0 Å². The molecule has 0 spiro atoms. The quantitative estimate of drug-likeness (QED) is 0.783. The first-order valence-electron chi connectivity index (χ1n) is 8.48. The SMILES string of the molecule is COc1ccccc1[C@H](C)NC(=O)[C@@H](C)NC[C@H]1CN(C)CCO1. The van der Waals surface area contributed by atoms with Gasteiger partial charge in [0.2, 0.25) is 5.91 Å². The number of carbonyl (C=O) groups excluding carboxylic acids is 1. The molecule has 24 heavy (non-hydrogen) atoms. The molecule has 134 valence electrons. The van der Waals surface area contributed by atoms with Crippen molar-refractivity contribution in [3.8, 4) is 5.75 Å². The lowest BCUT2D eigenvalue weighted by molar-refractivity contribution is -0.123. The number of methoxy groups -OCH3 is 1. The van der Waals surface area contributed by atoms with Gasteiger partial charge < -0.3 is 25.0 Å². The average Bonchev–Trinajstić information content (AvgIpc) is 2.59. The van der Waals surface area contributed by atoms with E-state index in [0.717, 1.165) is 31.0 Å². The number of ether oxygens (including phenoxy) is 2. The lowest BCUT2D eigenvalue weighted by Crippen LogP contribution is -2.49. The Morgan fingerprint density at radius 1 is 1.42 bits per heavy atom. The van der Waals surface area contributed by atoms with Crippen LogP contribution in [0.2, 0.25) is 0 Å². The number of carbonyl (C=O) groups is 1. The van der Waals surface area contributed by atoms with Crippen LogP contribution in [-0.4, -0.2) is 63.4 Å². The third-order valence-electron chi connectivity index (χ3n) is 4.35. The Hall–Kier alpha value is -1.63. The summed E-state index contributed by atoms with van der Waals surface area (Å²) in [6.07, 6.45) is 0.130. The molecule has 2 N–H and O–H groups in total. The summed E-state index contributed by atoms with van der Waals surface area (Å²) < 4.78 is 11.1. The van der Waals surface area contributed by atoms with Gasteiger partial charge in [0.15, 0.2) is 0 Å². The molecule has 1 aromatic rings. The second-order valence-corrected chi connectivity index (χ2v) is 6.36. The van der Waals surface area contributed by atoms with Gasteiger partial charge in [-0.15, -0.1) is 0 Å². The van der Waals surface area contributed by atoms with Gasteiger partial charge in [0.05, 0.1) is 31.9 Å². The smallest absolute Gasteiger partial charge is 0.237 e. The number of hydrogen-bond acceptors (Lipinski definition) is 5. The van der Waals surface area contributed by atoms with E-state index >= 15 is 0 Å². The Morgan fingerprint density at radius 3 is 2.88 bits per heavy atom. The highest BCUT2D eigenvalue weighted by molar-refractivity contribution is 5.81. The fourth-order valence-electron chi connectivity index (χ4n) is 2.83. The van der Waals surface area contributed by atoms with Gasteiger partial charge in [-0.2, -0.15) is 0 Å². The molecule has 1 fully saturated rings. The molecule has 1 aliphatic heterocycles. The fraction of sp³-hybridized carbons (Fsp3) is 0.611. The average molecular weight is 335 g/mol. The summed E-state index contributed by atoms with van der Waals surface area (Å²) in [6.45, 7) is 7.09. The number of benzene rings is 1. The largest absolute Gasteiger partial charge is 0.496 e. The van der Waals surface area contributed by atoms with Crippen molar-refractivity contribution in [3.63, 3.8) is 0 Å². The lowest BCUT2D eigenvalue weighted by atomic mass is 10.1. The third kappa shape index (κ3) is 5.19. The Balaban J connectivity index is 1.82. The Labute approximate surface area is 144 Å². The van der Waals surface area contributed by atoms with Crippen LogP contribution in [0.4, 0.5) is 0 Å². The molecule has 1 aliphatic rings. The van der Waals surface area contributed by atoms with Crippen LogP contribution in [0.5, 0.6) is 5.75 Å². The van der Waals surface area contributed by atoms with Gasteiger partial charge in [0.25, 0.3) is 0 Å². The molecule has 0 unspecified atom stereocenters. The summed E-state index contributed by atoms with van der Waals surface area (Å²) >= 11 is 0. The van der Waals surface area contributed by atoms with Crippen molar-refractivity contribution >= 4 is 5.91 Å². The van der Waals surface area contributed by atoms with E-state index in [1.54, 1.807) is 7.11 Å². The van der Waals surface area contributed by atoms with Gasteiger partial charge >= 0.3 is 0 Å². The van der Waals surface area contributed by atoms with Crippen LogP contribution in [0.1, 0.15) is 25.5 Å². The Morgan fingerprint density at radius 2 is 2.17 bits per heavy atom. The number of amides is 1. The number of para-hydroxylation sites is 1. The minimum Gasteiger partial charge on any atom is -0.496 e. The topological polar surface area (TPSA) is 62.8 Å². The van der Waals surface area contributed by atoms with Gasteiger partial charge in [-0.25, -0.2) is 0 Å². The van der Waals surface area contributed by atoms with Crippen molar-refractivity contribution in [2.45, 2.75) is 32.0 Å². The highest BCUT2D eigenvalue weighted by atomic mass is 16.5. The fourth-order valence-corrected chi connectivity index (χ4v) is 2.83. The van der Waals surface area contributed by atoms with E-state index in [9.17, 15) is 4.79 Å². The van der Waals surface area contributed by atoms with Crippen molar-refractivity contribution in [1.82, 2.24) is 15.5 Å². The van der Waals surface area contributed by atoms with Crippen LogP contribution < -0.4 is 15.4 Å². The summed E-state index contributed by atoms with van der Waals surface area (Å²) in [4.78, 5) is 14.6. The predicted molar refractivity (Wildman–Crippen MR) is 94.3 cm³/mol. The third-order valence-corrected chi connectivity index (χ3v) is 4.35. The Bertz CT molecular complexity index is 538. The number of nitrogens with one attached hydrogen (secondary N) is 2. The summed E-state index contributed by atoms with van der Waals surface area (Å²) in [5.41, 5.74) is 0.970. The van der Waals surface area contributed by atoms with Gasteiger partial charge in [-0.3, -0.25) is 4.79 Å². The second-order valence-electron chi connectivity index (χ2n) is 6.36. The normalized spacial score (nSPS) is 21.1. The molecule has 2 rings (SSSR count). The van der Waals surface area contributed by atoms with E-state index in [1.807, 2.05) is 38.1 Å². The number of morpholine rings is 1. The van der Waals surface area contributed by atoms with Crippen molar-refractivity contribution < 1.29 is 14.3 Å². The van der Waals surface area contributed by atoms with Gasteiger partial charge in [-0.1, -0.05) is 18.2 Å². The molecule has 1 aromatic carbocycles. The van der Waals surface area contributed by atoms with Crippen LogP contribution in [0.3, 0.4) is 0 Å². The molecule has 6 heteroatoms. The summed E-state index contributed by atoms with van der Waals surface area (Å²) in [5.74, 6) is 0.752. The molecule has 1 heterocycles. The summed E-state index contributed by atoms with van der Waals surface area (Å²) in [7, 11) is 3.72. The van der Waals surface area contributed by atoms with Crippen molar-refractivity contribution in [2.75, 3.05) is 40.4 Å². The first-order valence-corrected chi connectivity index (χ1v) is 8.48. The molecular formula is C18H29N3O3. The summed E-state index contributed by atoms with van der Waals surface area (Å²) in [6, 6.07) is 7.33. The first-order chi connectivity index (χ1) is 11.5. The lowest BCUT2D eigenvalue weighted by Gasteiger charge is -2.31. The standard InChI is InChI=1S/C18H29N3O3/c1-13(16-7-5-6-8-17(16)23-4)20-18(22)14(2)19-11-15-12-21(3)9-10-24-15/h5-8,13-15,19H,9-12H2,1-4H3,(H,20,22)/t13-,14+,15-/m0/s1. The van der Waals surface area contributed by atoms with Crippen molar-refractivity contribution in [3.05, 3.63) is 29.8 Å². The minimum atomic E-state index is -0.280. The molecule has 1 saturated heterocycles. The maximum Gasteiger partial charge on any atom is 0.237 e. The van der Waals surface area contributed by atoms with Crippen LogP contribution >= 0.6 is 0 Å². The van der Waals surface area contributed by atoms with E-state index in [1.165, 1.54) is 0 Å². The zero-order valence-corrected chi connectivity index (χ0v) is 15.0. The zero-order chi connectivity index (χ0) is 17.5. The number of rotatable bonds is 7. The van der Waals surface area contributed by atoms with Crippen LogP contribution in [-0.2, 0) is 9.53 Å². The summed E-state index contributed by atoms with van der Waals surface area (Å²) in [5, 5.41) is 6.30. The van der Waals surface area contributed by atoms with E-state index in [-0.39, 0.29) is 24.1 Å². The second kappa shape index (κ2) is 9.01. The van der Waals surface area contributed by atoms with Crippen LogP contribution in [0.15, 0.2) is 24.3 Å². The monoisotopic (exact) mass is 335 g/mol. The first kappa shape index (κ1) is 18.7. The molecule has 0 aromatic heterocycles. The van der Waals surface area contributed by atoms with Gasteiger partial charge in [0, 0.05) is 25.2 Å². The highest BCUT2D eigenvalue weighted by Crippen LogP contribution is 2.24. The molecular weight excluding hydrogens is 306 g/mol. The van der Waals surface area contributed by atoms with Crippen molar-refractivity contribution in [1.29, 1.82) is 0 Å². The number of likely N-dealkylation sites (N-methyl/N-ethyl adjacent to an activating group) is 1. The molecule has 3 atom stereocenters. The number of nitrogens with zero attached hydrogens (tertiary/aromatic N) is 1. The molecule has 0 saturated carbocycles. The predicted octanol–water partition coefficient (Wildman–Crippen LogP) is 1.18. The van der Waals surface area contributed by atoms with Gasteiger partial charge in [-0.05, 0) is 27.0 Å². The van der Waals surface area contributed by atoms with E-state index in [4.69, 9.17) is 9.47 Å². The highest BCUT2D eigenvalue weighted by Gasteiger charge is 2.21. The molecule has 0 radical (unpaired) electrons. The number of hydrogen-bond donors (Lipinski definition) is 2. The molecule has 6 nitrogen and oxygen atoms in total. The maximum absolute atomic E-state index is 12.4. The van der Waals surface area contributed by atoms with Crippen molar-refractivity contribution in [2.24, 2.45) is 0 Å². The maximum atomic E-state index is 12.4. The van der Waals surface area contributed by atoms with Gasteiger partial charge in [0.1, 0.15) is 5.75 Å². The van der Waals surface area contributed by atoms with E-state index < -0.39 is 0 Å². The molecule has 1 amide bonds. The zero-order valence-electron chi connectivity index (χ0n) is 15.0.